The summed E-state index contributed by atoms with van der Waals surface area (Å²) in [5.41, 5.74) is 16.5. The summed E-state index contributed by atoms with van der Waals surface area (Å²) in [6.07, 6.45) is 3.07. The number of hydrogen-bond acceptors (Lipinski definition) is 4. The monoisotopic (exact) mass is 159 g/mol. The Labute approximate surface area is 67.1 Å². The summed E-state index contributed by atoms with van der Waals surface area (Å²) in [5, 5.41) is 0. The highest BCUT2D eigenvalue weighted by atomic mass is 16.6. The van der Waals surface area contributed by atoms with E-state index in [9.17, 15) is 0 Å². The number of epoxide rings is 1. The summed E-state index contributed by atoms with van der Waals surface area (Å²) in [6.45, 7) is 0.740. The third-order valence-corrected chi connectivity index (χ3v) is 1.98. The van der Waals surface area contributed by atoms with Gasteiger partial charge in [-0.3, -0.25) is 0 Å². The van der Waals surface area contributed by atoms with Crippen LogP contribution in [0.2, 0.25) is 0 Å². The van der Waals surface area contributed by atoms with Gasteiger partial charge in [0.05, 0.1) is 0 Å². The summed E-state index contributed by atoms with van der Waals surface area (Å²) in [4.78, 5) is 0. The summed E-state index contributed by atoms with van der Waals surface area (Å²) in [7, 11) is 0. The first-order valence-corrected chi connectivity index (χ1v) is 4.12. The standard InChI is InChI=1S/C7H17N3O/c8-4-2-1-3-5(9)6-7(10)11-6/h5-7H,1-4,8-10H2/t5-,6?,7?/m1/s1. The Morgan fingerprint density at radius 3 is 2.45 bits per heavy atom. The van der Waals surface area contributed by atoms with Crippen molar-refractivity contribution in [2.75, 3.05) is 6.54 Å². The van der Waals surface area contributed by atoms with Gasteiger partial charge in [-0.15, -0.1) is 0 Å². The molecule has 1 fully saturated rings. The molecule has 0 spiro atoms. The average Bonchev–Trinajstić information content (AvgIpc) is 2.67. The zero-order valence-corrected chi connectivity index (χ0v) is 6.70. The fourth-order valence-electron chi connectivity index (χ4n) is 1.17. The van der Waals surface area contributed by atoms with Gasteiger partial charge in [0.25, 0.3) is 0 Å². The van der Waals surface area contributed by atoms with Crippen LogP contribution in [0.25, 0.3) is 0 Å². The molecule has 0 aromatic carbocycles. The van der Waals surface area contributed by atoms with Gasteiger partial charge in [-0.05, 0) is 19.4 Å². The lowest BCUT2D eigenvalue weighted by Gasteiger charge is -2.06. The van der Waals surface area contributed by atoms with Gasteiger partial charge in [-0.2, -0.15) is 0 Å². The van der Waals surface area contributed by atoms with Crippen LogP contribution in [0.3, 0.4) is 0 Å². The minimum Gasteiger partial charge on any atom is -0.352 e. The van der Waals surface area contributed by atoms with Gasteiger partial charge in [0.15, 0.2) is 0 Å². The maximum Gasteiger partial charge on any atom is 0.134 e. The largest absolute Gasteiger partial charge is 0.352 e. The predicted octanol–water partition coefficient (Wildman–Crippen LogP) is -0.874. The molecule has 0 amide bonds. The molecule has 1 aliphatic rings. The summed E-state index contributed by atoms with van der Waals surface area (Å²) >= 11 is 0. The van der Waals surface area contributed by atoms with E-state index in [1.807, 2.05) is 0 Å². The van der Waals surface area contributed by atoms with E-state index >= 15 is 0 Å². The molecule has 66 valence electrons. The normalized spacial score (nSPS) is 31.9. The van der Waals surface area contributed by atoms with E-state index in [1.165, 1.54) is 0 Å². The maximum absolute atomic E-state index is 5.76. The molecule has 0 saturated carbocycles. The van der Waals surface area contributed by atoms with E-state index in [0.717, 1.165) is 25.8 Å². The molecule has 1 saturated heterocycles. The van der Waals surface area contributed by atoms with Crippen LogP contribution >= 0.6 is 0 Å². The molecule has 11 heavy (non-hydrogen) atoms. The Bertz CT molecular complexity index is 120. The van der Waals surface area contributed by atoms with Crippen LogP contribution < -0.4 is 17.2 Å². The molecule has 3 atom stereocenters. The van der Waals surface area contributed by atoms with E-state index in [0.29, 0.717) is 0 Å². The van der Waals surface area contributed by atoms with Crippen molar-refractivity contribution < 1.29 is 4.74 Å². The van der Waals surface area contributed by atoms with Crippen LogP contribution in [0.5, 0.6) is 0 Å². The second-order valence-corrected chi connectivity index (χ2v) is 3.01. The van der Waals surface area contributed by atoms with Crippen LogP contribution in [0, 0.1) is 0 Å². The Hall–Kier alpha value is -0.160. The van der Waals surface area contributed by atoms with Crippen molar-refractivity contribution in [3.05, 3.63) is 0 Å². The molecule has 1 heterocycles. The number of ether oxygens (including phenoxy) is 1. The molecule has 2 unspecified atom stereocenters. The fraction of sp³-hybridized carbons (Fsp3) is 1.00. The van der Waals surface area contributed by atoms with Gasteiger partial charge in [0.1, 0.15) is 12.3 Å². The van der Waals surface area contributed by atoms with Crippen molar-refractivity contribution in [2.45, 2.75) is 37.6 Å². The van der Waals surface area contributed by atoms with Crippen molar-refractivity contribution in [1.29, 1.82) is 0 Å². The Balaban J connectivity index is 1.98. The third kappa shape index (κ3) is 2.75. The second kappa shape index (κ2) is 4.01. The molecule has 0 aromatic rings. The van der Waals surface area contributed by atoms with Gasteiger partial charge < -0.3 is 21.9 Å². The number of nitrogens with two attached hydrogens (primary N) is 3. The number of rotatable bonds is 5. The lowest BCUT2D eigenvalue weighted by atomic mass is 10.1. The van der Waals surface area contributed by atoms with E-state index in [-0.39, 0.29) is 18.4 Å². The Morgan fingerprint density at radius 1 is 1.36 bits per heavy atom. The van der Waals surface area contributed by atoms with Crippen molar-refractivity contribution in [3.63, 3.8) is 0 Å². The summed E-state index contributed by atoms with van der Waals surface area (Å²) in [5.74, 6) is 0. The second-order valence-electron chi connectivity index (χ2n) is 3.01. The average molecular weight is 159 g/mol. The highest BCUT2D eigenvalue weighted by molar-refractivity contribution is 4.88. The van der Waals surface area contributed by atoms with Gasteiger partial charge >= 0.3 is 0 Å². The summed E-state index contributed by atoms with van der Waals surface area (Å²) in [6, 6.07) is 0.108. The van der Waals surface area contributed by atoms with Crippen molar-refractivity contribution in [2.24, 2.45) is 17.2 Å². The van der Waals surface area contributed by atoms with E-state index < -0.39 is 0 Å². The van der Waals surface area contributed by atoms with Crippen LogP contribution in [-0.4, -0.2) is 24.9 Å². The molecule has 0 bridgehead atoms. The quantitative estimate of drug-likeness (QED) is 0.359. The first-order valence-electron chi connectivity index (χ1n) is 4.12. The van der Waals surface area contributed by atoms with Gasteiger partial charge in [-0.1, -0.05) is 6.42 Å². The molecule has 6 N–H and O–H groups in total. The first kappa shape index (κ1) is 8.93. The van der Waals surface area contributed by atoms with E-state index in [4.69, 9.17) is 21.9 Å². The van der Waals surface area contributed by atoms with Gasteiger partial charge in [0.2, 0.25) is 0 Å². The third-order valence-electron chi connectivity index (χ3n) is 1.98. The van der Waals surface area contributed by atoms with Crippen molar-refractivity contribution in [1.82, 2.24) is 0 Å². The van der Waals surface area contributed by atoms with Crippen molar-refractivity contribution in [3.8, 4) is 0 Å². The zero-order valence-electron chi connectivity index (χ0n) is 6.70. The smallest absolute Gasteiger partial charge is 0.134 e. The molecular formula is C7H17N3O. The molecule has 0 aromatic heterocycles. The predicted molar refractivity (Wildman–Crippen MR) is 43.7 cm³/mol. The Morgan fingerprint density at radius 2 is 2.00 bits per heavy atom. The molecule has 1 aliphatic heterocycles. The minimum absolute atomic E-state index is 0.104. The van der Waals surface area contributed by atoms with Gasteiger partial charge in [0, 0.05) is 6.04 Å². The molecule has 4 heteroatoms. The van der Waals surface area contributed by atoms with Crippen LogP contribution in [-0.2, 0) is 4.74 Å². The summed E-state index contributed by atoms with van der Waals surface area (Å²) < 4.78 is 5.03. The van der Waals surface area contributed by atoms with Crippen LogP contribution in [0.1, 0.15) is 19.3 Å². The van der Waals surface area contributed by atoms with Crippen LogP contribution in [0.15, 0.2) is 0 Å². The minimum atomic E-state index is -0.108. The highest BCUT2D eigenvalue weighted by Crippen LogP contribution is 2.21. The Kier molecular flexibility index (Phi) is 3.26. The lowest BCUT2D eigenvalue weighted by Crippen LogP contribution is -2.29. The van der Waals surface area contributed by atoms with E-state index in [1.54, 1.807) is 0 Å². The molecular weight excluding hydrogens is 142 g/mol. The topological polar surface area (TPSA) is 90.6 Å². The van der Waals surface area contributed by atoms with Gasteiger partial charge in [-0.25, -0.2) is 0 Å². The first-order chi connectivity index (χ1) is 5.25. The highest BCUT2D eigenvalue weighted by Gasteiger charge is 2.39. The molecule has 0 aliphatic carbocycles. The fourth-order valence-corrected chi connectivity index (χ4v) is 1.17. The lowest BCUT2D eigenvalue weighted by molar-refractivity contribution is 0.341. The zero-order chi connectivity index (χ0) is 8.27. The molecule has 0 radical (unpaired) electrons. The number of unbranched alkanes of at least 4 members (excludes halogenated alkanes) is 1. The van der Waals surface area contributed by atoms with Crippen molar-refractivity contribution >= 4 is 0 Å². The SMILES string of the molecule is NCCCC[C@@H](N)C1OC1N. The molecule has 1 rings (SSSR count). The van der Waals surface area contributed by atoms with Crippen LogP contribution in [0.4, 0.5) is 0 Å². The number of hydrogen-bond donors (Lipinski definition) is 3. The molecule has 4 nitrogen and oxygen atoms in total. The maximum atomic E-state index is 5.76. The van der Waals surface area contributed by atoms with E-state index in [2.05, 4.69) is 0 Å².